The third kappa shape index (κ3) is 5.05. The molecule has 0 aliphatic heterocycles. The number of carboxylic acid groups (broad SMARTS) is 1. The highest BCUT2D eigenvalue weighted by atomic mass is 32.2. The summed E-state index contributed by atoms with van der Waals surface area (Å²) in [6.45, 7) is 0. The van der Waals surface area contributed by atoms with E-state index in [1.54, 1.807) is 17.6 Å². The zero-order valence-corrected chi connectivity index (χ0v) is 12.0. The van der Waals surface area contributed by atoms with Gasteiger partial charge in [-0.1, -0.05) is 12.1 Å². The van der Waals surface area contributed by atoms with Crippen LogP contribution < -0.4 is 11.2 Å². The molecule has 6 N–H and O–H groups in total. The maximum Gasteiger partial charge on any atom is 0.337 e. The van der Waals surface area contributed by atoms with Crippen molar-refractivity contribution in [3.05, 3.63) is 54.1 Å². The van der Waals surface area contributed by atoms with Gasteiger partial charge in [-0.25, -0.2) is 4.79 Å². The molecule has 0 bridgehead atoms. The van der Waals surface area contributed by atoms with Gasteiger partial charge in [0.25, 0.3) is 10.1 Å². The van der Waals surface area contributed by atoms with E-state index in [4.69, 9.17) is 20.6 Å². The molecule has 8 nitrogen and oxygen atoms in total. The molecule has 0 amide bonds. The molecule has 0 radical (unpaired) electrons. The Hall–Kier alpha value is -2.62. The molecule has 0 unspecified atom stereocenters. The number of aromatic carboxylic acids is 1. The van der Waals surface area contributed by atoms with Crippen LogP contribution in [0.4, 0.5) is 11.4 Å². The van der Waals surface area contributed by atoms with E-state index in [-0.39, 0.29) is 16.1 Å². The summed E-state index contributed by atoms with van der Waals surface area (Å²) in [6.07, 6.45) is 0. The summed E-state index contributed by atoms with van der Waals surface area (Å²) < 4.78 is 29.4. The van der Waals surface area contributed by atoms with Gasteiger partial charge in [-0.05, 0) is 36.4 Å². The number of hydrogen-bond donors (Lipinski definition) is 5. The van der Waals surface area contributed by atoms with Crippen molar-refractivity contribution in [2.45, 2.75) is 4.90 Å². The highest BCUT2D eigenvalue weighted by molar-refractivity contribution is 7.85. The Kier molecular flexibility index (Phi) is 5.87. The average molecular weight is 326 g/mol. The Morgan fingerprint density at radius 3 is 2.00 bits per heavy atom. The molecule has 2 aromatic rings. The van der Waals surface area contributed by atoms with Crippen LogP contribution in [0.2, 0.25) is 0 Å². The fourth-order valence-corrected chi connectivity index (χ4v) is 1.89. The second-order valence-corrected chi connectivity index (χ2v) is 5.43. The fraction of sp³-hybridized carbons (Fsp3) is 0. The Bertz CT molecular complexity index is 743. The zero-order chi connectivity index (χ0) is 16.8. The number of nitrogens with one attached hydrogen (secondary N) is 1. The number of rotatable bonds is 3. The van der Waals surface area contributed by atoms with Crippen LogP contribution in [-0.4, -0.2) is 29.3 Å². The van der Waals surface area contributed by atoms with Crippen LogP contribution in [0.25, 0.3) is 0 Å². The Labute approximate surface area is 126 Å². The summed E-state index contributed by atoms with van der Waals surface area (Å²) in [7, 11) is -4.08. The predicted molar refractivity (Wildman–Crippen MR) is 79.5 cm³/mol. The number of nitrogen functional groups attached to an aromatic ring is 1. The van der Waals surface area contributed by atoms with E-state index in [2.05, 4.69) is 0 Å². The molecular weight excluding hydrogens is 312 g/mol. The molecule has 0 saturated carbocycles. The first-order chi connectivity index (χ1) is 10.3. The summed E-state index contributed by atoms with van der Waals surface area (Å²) >= 11 is 0. The van der Waals surface area contributed by atoms with Crippen LogP contribution in [-0.2, 0) is 10.1 Å². The van der Waals surface area contributed by atoms with Gasteiger partial charge in [0.1, 0.15) is 0 Å². The van der Waals surface area contributed by atoms with Crippen LogP contribution >= 0.6 is 0 Å². The van der Waals surface area contributed by atoms with Crippen LogP contribution in [0.3, 0.4) is 0 Å². The van der Waals surface area contributed by atoms with Gasteiger partial charge >= 0.3 is 5.97 Å². The van der Waals surface area contributed by atoms with Gasteiger partial charge in [0, 0.05) is 5.69 Å². The topological polar surface area (TPSA) is 150 Å². The predicted octanol–water partition coefficient (Wildman–Crippen LogP) is 1.70. The van der Waals surface area contributed by atoms with Gasteiger partial charge in [-0.3, -0.25) is 15.2 Å². The van der Waals surface area contributed by atoms with Crippen molar-refractivity contribution in [3.63, 3.8) is 0 Å². The summed E-state index contributed by atoms with van der Waals surface area (Å²) in [5.41, 5.74) is 7.79. The first-order valence-electron chi connectivity index (χ1n) is 5.81. The van der Waals surface area contributed by atoms with Crippen molar-refractivity contribution in [2.24, 2.45) is 0 Å². The van der Waals surface area contributed by atoms with E-state index in [0.29, 0.717) is 5.69 Å². The number of benzene rings is 2. The largest absolute Gasteiger partial charge is 0.478 e. The maximum atomic E-state index is 10.5. The third-order valence-corrected chi connectivity index (χ3v) is 3.32. The number of carbonyl (C=O) groups is 1. The van der Waals surface area contributed by atoms with E-state index in [1.807, 2.05) is 0 Å². The van der Waals surface area contributed by atoms with E-state index in [0.717, 1.165) is 0 Å². The van der Waals surface area contributed by atoms with Gasteiger partial charge in [-0.2, -0.15) is 8.42 Å². The summed E-state index contributed by atoms with van der Waals surface area (Å²) in [6, 6.07) is 11.4. The average Bonchev–Trinajstić information content (AvgIpc) is 2.47. The van der Waals surface area contributed by atoms with E-state index >= 15 is 0 Å². The molecule has 0 fully saturated rings. The maximum absolute atomic E-state index is 10.5. The SMILES string of the molecule is Nc1ccc(S(=O)(=O)O)cc1.O=C(O)c1ccccc1NO. The smallest absolute Gasteiger partial charge is 0.337 e. The fourth-order valence-electron chi connectivity index (χ4n) is 1.41. The molecule has 0 aromatic heterocycles. The van der Waals surface area contributed by atoms with Crippen molar-refractivity contribution in [1.29, 1.82) is 0 Å². The van der Waals surface area contributed by atoms with Crippen molar-refractivity contribution >= 4 is 27.5 Å². The molecule has 0 heterocycles. The molecule has 0 aliphatic rings. The lowest BCUT2D eigenvalue weighted by Crippen LogP contribution is -2.01. The minimum Gasteiger partial charge on any atom is -0.478 e. The molecule has 2 aromatic carbocycles. The molecule has 0 aliphatic carbocycles. The van der Waals surface area contributed by atoms with Gasteiger partial charge in [0.15, 0.2) is 0 Å². The molecule has 118 valence electrons. The Balaban J connectivity index is 0.000000220. The Morgan fingerprint density at radius 2 is 1.59 bits per heavy atom. The Morgan fingerprint density at radius 1 is 1.05 bits per heavy atom. The van der Waals surface area contributed by atoms with Crippen LogP contribution in [0.1, 0.15) is 10.4 Å². The summed E-state index contributed by atoms with van der Waals surface area (Å²) in [5, 5.41) is 17.0. The highest BCUT2D eigenvalue weighted by Gasteiger charge is 2.07. The van der Waals surface area contributed by atoms with E-state index in [9.17, 15) is 13.2 Å². The number of para-hydroxylation sites is 1. The van der Waals surface area contributed by atoms with Gasteiger partial charge in [0.05, 0.1) is 16.1 Å². The molecule has 0 saturated heterocycles. The third-order valence-electron chi connectivity index (χ3n) is 2.46. The van der Waals surface area contributed by atoms with Crippen LogP contribution in [0, 0.1) is 0 Å². The lowest BCUT2D eigenvalue weighted by molar-refractivity contribution is 0.0697. The number of anilines is 2. The molecule has 22 heavy (non-hydrogen) atoms. The van der Waals surface area contributed by atoms with Crippen molar-refractivity contribution in [3.8, 4) is 0 Å². The van der Waals surface area contributed by atoms with Crippen LogP contribution in [0.15, 0.2) is 53.4 Å². The van der Waals surface area contributed by atoms with Crippen molar-refractivity contribution in [1.82, 2.24) is 0 Å². The molecule has 0 spiro atoms. The quantitative estimate of drug-likeness (QED) is 0.325. The second-order valence-electron chi connectivity index (χ2n) is 4.01. The van der Waals surface area contributed by atoms with Crippen molar-refractivity contribution in [2.75, 3.05) is 11.2 Å². The monoisotopic (exact) mass is 326 g/mol. The molecule has 0 atom stereocenters. The molecule has 2 rings (SSSR count). The number of nitrogens with two attached hydrogens (primary N) is 1. The van der Waals surface area contributed by atoms with Crippen LogP contribution in [0.5, 0.6) is 0 Å². The lowest BCUT2D eigenvalue weighted by Gasteiger charge is -2.01. The standard InChI is InChI=1S/C7H7NO3.C6H7NO3S/c9-7(10)5-3-1-2-4-6(5)8-11;7-5-1-3-6(4-2-5)11(8,9)10/h1-4,8,11H,(H,9,10);1-4H,7H2,(H,8,9,10). The lowest BCUT2D eigenvalue weighted by atomic mass is 10.2. The van der Waals surface area contributed by atoms with E-state index in [1.165, 1.54) is 36.4 Å². The summed E-state index contributed by atoms with van der Waals surface area (Å²) in [4.78, 5) is 10.3. The van der Waals surface area contributed by atoms with Gasteiger partial charge in [0.2, 0.25) is 0 Å². The normalized spacial score (nSPS) is 10.3. The number of carboxylic acids is 1. The minimum absolute atomic E-state index is 0.0509. The minimum atomic E-state index is -4.08. The van der Waals surface area contributed by atoms with Gasteiger partial charge in [-0.15, -0.1) is 0 Å². The zero-order valence-electron chi connectivity index (χ0n) is 11.2. The second kappa shape index (κ2) is 7.41. The number of hydrogen-bond acceptors (Lipinski definition) is 6. The van der Waals surface area contributed by atoms with E-state index < -0.39 is 16.1 Å². The highest BCUT2D eigenvalue weighted by Crippen LogP contribution is 2.13. The first kappa shape index (κ1) is 17.4. The van der Waals surface area contributed by atoms with Crippen molar-refractivity contribution < 1.29 is 28.1 Å². The summed E-state index contributed by atoms with van der Waals surface area (Å²) in [5.74, 6) is -1.07. The molecular formula is C13H14N2O6S. The first-order valence-corrected chi connectivity index (χ1v) is 7.25. The molecule has 9 heteroatoms. The van der Waals surface area contributed by atoms with Gasteiger partial charge < -0.3 is 10.8 Å².